The van der Waals surface area contributed by atoms with Crippen LogP contribution in [0.25, 0.3) is 0 Å². The zero-order valence-electron chi connectivity index (χ0n) is 24.6. The van der Waals surface area contributed by atoms with Gasteiger partial charge < -0.3 is 11.5 Å². The Hall–Kier alpha value is 0.119. The Labute approximate surface area is 268 Å². The molecule has 2 saturated carbocycles. The largest absolute Gasteiger partial charge is 0.399 e. The minimum atomic E-state index is -0.813. The molecule has 0 heterocycles. The summed E-state index contributed by atoms with van der Waals surface area (Å²) < 4.78 is 0. The van der Waals surface area contributed by atoms with Crippen LogP contribution in [0.15, 0.2) is 18.2 Å². The van der Waals surface area contributed by atoms with Crippen LogP contribution in [0.2, 0.25) is 5.82 Å². The molecule has 41 heavy (non-hydrogen) atoms. The number of anilines is 2. The summed E-state index contributed by atoms with van der Waals surface area (Å²) in [5, 5.41) is 0. The molecule has 3 rings (SSSR count). The Kier molecular flexibility index (Phi) is 14.3. The fourth-order valence-corrected chi connectivity index (χ4v) is 8.38. The second kappa shape index (κ2) is 16.4. The monoisotopic (exact) mass is 505 g/mol. The van der Waals surface area contributed by atoms with Crippen molar-refractivity contribution in [3.05, 3.63) is 23.8 Å². The van der Waals surface area contributed by atoms with Gasteiger partial charge in [-0.1, -0.05) is 31.5 Å². The third-order valence-corrected chi connectivity index (χ3v) is 10.3. The summed E-state index contributed by atoms with van der Waals surface area (Å²) in [6.07, 6.45) is 5.05. The van der Waals surface area contributed by atoms with Crippen LogP contribution >= 0.6 is 0 Å². The zero-order valence-corrected chi connectivity index (χ0v) is 24.6. The summed E-state index contributed by atoms with van der Waals surface area (Å²) in [4.78, 5) is 0. The van der Waals surface area contributed by atoms with Gasteiger partial charge in [-0.3, -0.25) is 0 Å². The van der Waals surface area contributed by atoms with Crippen molar-refractivity contribution < 1.29 is 0 Å². The van der Waals surface area contributed by atoms with Crippen molar-refractivity contribution in [3.63, 3.8) is 0 Å². The molecule has 0 atom stereocenters. The molecule has 175 valence electrons. The van der Waals surface area contributed by atoms with Gasteiger partial charge in [-0.2, -0.15) is 0 Å². The summed E-state index contributed by atoms with van der Waals surface area (Å²) in [7, 11) is 64.1. The molecule has 0 aromatic heterocycles. The first kappa shape index (κ1) is 35.6. The van der Waals surface area contributed by atoms with E-state index in [0.717, 1.165) is 49.4 Å². The van der Waals surface area contributed by atoms with Gasteiger partial charge in [0.05, 0.1) is 0 Å². The second-order valence-electron chi connectivity index (χ2n) is 13.1. The van der Waals surface area contributed by atoms with E-state index in [1.807, 2.05) is 6.07 Å². The third-order valence-electron chi connectivity index (χ3n) is 10.3. The average Bonchev–Trinajstić information content (AvgIpc) is 2.89. The van der Waals surface area contributed by atoms with Crippen molar-refractivity contribution in [2.75, 3.05) is 11.5 Å². The van der Waals surface area contributed by atoms with Crippen molar-refractivity contribution in [3.8, 4) is 0 Å². The number of hydrogen-bond donors (Lipinski definition) is 2. The van der Waals surface area contributed by atoms with E-state index >= 15 is 0 Å². The fourth-order valence-electron chi connectivity index (χ4n) is 8.38. The van der Waals surface area contributed by atoms with Crippen molar-refractivity contribution in [1.29, 1.82) is 0 Å². The summed E-state index contributed by atoms with van der Waals surface area (Å²) >= 11 is 0. The van der Waals surface area contributed by atoms with Crippen molar-refractivity contribution in [2.24, 2.45) is 17.8 Å². The Morgan fingerprint density at radius 1 is 0.610 bits per heavy atom. The topological polar surface area (TPSA) is 52.0 Å². The lowest BCUT2D eigenvalue weighted by molar-refractivity contribution is 0.167. The van der Waals surface area contributed by atoms with Gasteiger partial charge in [0.1, 0.15) is 0 Å². The van der Waals surface area contributed by atoms with Crippen molar-refractivity contribution in [2.45, 2.75) is 63.6 Å². The molecule has 0 amide bonds. The molecule has 0 bridgehead atoms. The van der Waals surface area contributed by atoms with E-state index < -0.39 is 44.7 Å². The molecule has 1 aromatic rings. The number of rotatable bonds is 13. The number of benzene rings is 1. The highest BCUT2D eigenvalue weighted by Crippen LogP contribution is 2.45. The summed E-state index contributed by atoms with van der Waals surface area (Å²) in [6, 6.07) is 5.91. The van der Waals surface area contributed by atoms with Crippen LogP contribution in [0.4, 0.5) is 11.4 Å². The van der Waals surface area contributed by atoms with Crippen LogP contribution in [0, 0.1) is 17.8 Å². The van der Waals surface area contributed by atoms with Crippen LogP contribution in [0.3, 0.4) is 0 Å². The lowest BCUT2D eigenvalue weighted by Gasteiger charge is -2.48. The maximum absolute atomic E-state index is 6.59. The van der Waals surface area contributed by atoms with Crippen LogP contribution in [0.1, 0.15) is 56.9 Å². The molecule has 2 fully saturated rings. The quantitative estimate of drug-likeness (QED) is 0.225. The van der Waals surface area contributed by atoms with Gasteiger partial charge >= 0.3 is 0 Å². The smallest absolute Gasteiger partial charge is 0.0491 e. The predicted octanol–water partition coefficient (Wildman–Crippen LogP) is -2.89. The molecule has 1 aromatic carbocycles. The highest BCUT2D eigenvalue weighted by atomic mass is 14.6. The lowest BCUT2D eigenvalue weighted by atomic mass is 8.41. The summed E-state index contributed by atoms with van der Waals surface area (Å²) in [5.74, 6) is 2.27. The molecule has 0 unspecified atom stereocenters. The predicted molar refractivity (Wildman–Crippen MR) is 205 cm³/mol. The van der Waals surface area contributed by atoms with Gasteiger partial charge in [0.25, 0.3) is 0 Å². The van der Waals surface area contributed by atoms with E-state index in [-0.39, 0.29) is 18.7 Å². The molecule has 0 aliphatic heterocycles. The van der Waals surface area contributed by atoms with E-state index in [4.69, 9.17) is 88.8 Å². The van der Waals surface area contributed by atoms with Gasteiger partial charge in [0.2, 0.25) is 0 Å². The van der Waals surface area contributed by atoms with E-state index in [0.29, 0.717) is 11.8 Å². The van der Waals surface area contributed by atoms with Crippen LogP contribution in [-0.4, -0.2) is 142 Å². The molecule has 0 saturated heterocycles. The van der Waals surface area contributed by atoms with Gasteiger partial charge in [-0.05, 0) is 73.6 Å². The molecule has 2 aliphatic rings. The molecule has 22 heteroatoms. The van der Waals surface area contributed by atoms with Crippen molar-refractivity contribution >= 4 is 153 Å². The van der Waals surface area contributed by atoms with Gasteiger partial charge in [0, 0.05) is 153 Å². The molecular weight excluding hydrogens is 472 g/mol. The molecule has 0 spiro atoms. The van der Waals surface area contributed by atoms with Gasteiger partial charge in [-0.15, -0.1) is 0 Å². The van der Waals surface area contributed by atoms with E-state index in [9.17, 15) is 0 Å². The maximum atomic E-state index is 6.59. The highest BCUT2D eigenvalue weighted by Gasteiger charge is 2.49. The Morgan fingerprint density at radius 3 is 1.46 bits per heavy atom. The van der Waals surface area contributed by atoms with Crippen molar-refractivity contribution in [1.82, 2.24) is 0 Å². The normalized spacial score (nSPS) is 22.1. The fraction of sp³-hybridized carbons (Fsp3) is 0.684. The van der Waals surface area contributed by atoms with E-state index in [1.54, 1.807) is 0 Å². The van der Waals surface area contributed by atoms with E-state index in [1.165, 1.54) is 38.3 Å². The first-order valence-corrected chi connectivity index (χ1v) is 15.3. The standard InChI is InChI=1S/C19H29B20N2/c20-30-36(29)38(39(34(25)26)35(27)28)31(37(32(21)22)33(23)24)17-7-5-16(6-8-17)15-3-1-13(2-4-15)9-14-10-18(40)12-19(41)11-14/h10-13,15-17H,1-9,40-41H2. The molecule has 2 nitrogen and oxygen atoms in total. The molecule has 21 radical (unpaired) electrons. The second-order valence-corrected chi connectivity index (χ2v) is 13.1. The summed E-state index contributed by atoms with van der Waals surface area (Å²) in [6.45, 7) is -0.193. The average molecular weight is 502 g/mol. The number of nitrogens with two attached hydrogens (primary N) is 2. The molecular formula is C19H29B20N2. The highest BCUT2D eigenvalue weighted by molar-refractivity contribution is 8.15. The Balaban J connectivity index is 1.71. The van der Waals surface area contributed by atoms with Crippen LogP contribution in [0.5, 0.6) is 0 Å². The maximum Gasteiger partial charge on any atom is 0.0491 e. The van der Waals surface area contributed by atoms with Gasteiger partial charge in [0.15, 0.2) is 0 Å². The lowest BCUT2D eigenvalue weighted by Crippen LogP contribution is -2.80. The first-order valence-electron chi connectivity index (χ1n) is 15.3. The van der Waals surface area contributed by atoms with Gasteiger partial charge in [-0.25, -0.2) is 0 Å². The Bertz CT molecular complexity index is 888. The zero-order chi connectivity index (χ0) is 30.4. The molecule has 2 aliphatic carbocycles. The Morgan fingerprint density at radius 2 is 1.05 bits per heavy atom. The van der Waals surface area contributed by atoms with E-state index in [2.05, 4.69) is 12.1 Å². The minimum Gasteiger partial charge on any atom is -0.399 e. The summed E-state index contributed by atoms with van der Waals surface area (Å²) in [5.41, 5.74) is 14.7. The van der Waals surface area contributed by atoms with Crippen LogP contribution < -0.4 is 11.5 Å². The number of hydrogen-bond acceptors (Lipinski definition) is 2. The van der Waals surface area contributed by atoms with Crippen LogP contribution in [-0.2, 0) is 6.42 Å². The SMILES string of the molecule is [B][B]B([B])B(B(B([B])[B])B([B])[B])B(B(B([B])[B])B([B])[B])C1CCC(C2CCC(Cc3cc(N)cc(N)c3)CC2)CC1. The first-order chi connectivity index (χ1) is 19.3. The molecule has 4 N–H and O–H groups in total. The number of nitrogen functional groups attached to an aromatic ring is 2. The minimum absolute atomic E-state index is 0.193. The third kappa shape index (κ3) is 9.55.